The van der Waals surface area contributed by atoms with Crippen molar-refractivity contribution in [2.45, 2.75) is 148 Å². The van der Waals surface area contributed by atoms with E-state index in [1.807, 2.05) is 13.8 Å². The Bertz CT molecular complexity index is 1530. The van der Waals surface area contributed by atoms with Gasteiger partial charge < -0.3 is 33.7 Å². The van der Waals surface area contributed by atoms with Crippen molar-refractivity contribution in [2.75, 3.05) is 19.7 Å². The van der Waals surface area contributed by atoms with E-state index in [9.17, 15) is 24.3 Å². The predicted molar refractivity (Wildman–Crippen MR) is 178 cm³/mol. The van der Waals surface area contributed by atoms with Gasteiger partial charge in [-0.3, -0.25) is 15.1 Å². The molecular formula is C33H51N7O11. The highest BCUT2D eigenvalue weighted by Gasteiger charge is 2.70. The van der Waals surface area contributed by atoms with E-state index in [0.29, 0.717) is 6.42 Å². The standard InChI is InChI=1S/C33H51N7O11/c1-29(2,3)49-25(42)35-23-34-20-15-37(27(44)40-18-14-19-22(17(18)16-46-40)48-32(10,11)47-19)24(36-26(43)50-30(4,5)6)38-13-12-21(41)33(20,38)39(23)28(45)51-31(7,8)9/h17-22,41H,12-16H2,1-11H3,(H,34,35,42)/b36-24-/t17-,18-,19+,20-,21-,22-,33+/m0/s1. The maximum atomic E-state index is 14.6. The quantitative estimate of drug-likeness (QED) is 0.348. The SMILES string of the molecule is CC(C)(C)OC(=O)/N=C1/N(C(=O)N2OC[C@@H]3[C@@H]4OC(C)(C)O[C@@H]4C[C@@H]32)C[C@@H]2N=C(NC(=O)OC(C)(C)C)N(C(=O)OC(C)(C)C)[C@@]23[C@@H](O)CCN13. The number of alkyl carbamates (subject to hydrolysis) is 1. The van der Waals surface area contributed by atoms with Gasteiger partial charge in [-0.15, -0.1) is 4.99 Å². The van der Waals surface area contributed by atoms with Crippen molar-refractivity contribution in [1.82, 2.24) is 25.1 Å². The lowest BCUT2D eigenvalue weighted by atomic mass is 9.92. The number of aliphatic hydroxyl groups excluding tert-OH is 1. The number of carbonyl (C=O) groups excluding carboxylic acids is 4. The minimum Gasteiger partial charge on any atom is -0.444 e. The normalized spacial score (nSPS) is 33.4. The maximum Gasteiger partial charge on any atom is 0.437 e. The number of hydrogen-bond acceptors (Lipinski definition) is 12. The van der Waals surface area contributed by atoms with Gasteiger partial charge in [-0.05, 0) is 89.0 Å². The van der Waals surface area contributed by atoms with Gasteiger partial charge in [0.15, 0.2) is 11.4 Å². The Kier molecular flexibility index (Phi) is 8.83. The number of ether oxygens (including phenoxy) is 5. The van der Waals surface area contributed by atoms with Crippen molar-refractivity contribution < 1.29 is 52.8 Å². The fourth-order valence-corrected chi connectivity index (χ4v) is 7.72. The lowest BCUT2D eigenvalue weighted by Gasteiger charge is -2.52. The summed E-state index contributed by atoms with van der Waals surface area (Å²) >= 11 is 0. The molecule has 18 heteroatoms. The molecule has 0 unspecified atom stereocenters. The van der Waals surface area contributed by atoms with Gasteiger partial charge in [-0.1, -0.05) is 0 Å². The van der Waals surface area contributed by atoms with Gasteiger partial charge in [-0.25, -0.2) is 29.1 Å². The smallest absolute Gasteiger partial charge is 0.437 e. The first kappa shape index (κ1) is 37.0. The van der Waals surface area contributed by atoms with Crippen LogP contribution in [0.3, 0.4) is 0 Å². The van der Waals surface area contributed by atoms with Crippen molar-refractivity contribution in [3.8, 4) is 0 Å². The molecule has 0 bridgehead atoms. The molecule has 2 N–H and O–H groups in total. The number of nitrogens with one attached hydrogen (secondary N) is 1. The molecule has 5 aliphatic heterocycles. The van der Waals surface area contributed by atoms with Crippen LogP contribution in [-0.2, 0) is 28.5 Å². The van der Waals surface area contributed by atoms with E-state index in [2.05, 4.69) is 10.3 Å². The summed E-state index contributed by atoms with van der Waals surface area (Å²) in [6, 6.07) is -2.12. The molecule has 0 aromatic heterocycles. The molecule has 0 radical (unpaired) electrons. The number of hydroxylamine groups is 2. The molecule has 4 saturated heterocycles. The zero-order chi connectivity index (χ0) is 37.6. The van der Waals surface area contributed by atoms with Gasteiger partial charge in [0.2, 0.25) is 11.9 Å². The highest BCUT2D eigenvalue weighted by molar-refractivity contribution is 6.07. The Morgan fingerprint density at radius 2 is 1.61 bits per heavy atom. The van der Waals surface area contributed by atoms with Crippen LogP contribution < -0.4 is 5.32 Å². The molecule has 1 aliphatic carbocycles. The first-order chi connectivity index (χ1) is 23.4. The molecule has 5 amide bonds. The van der Waals surface area contributed by atoms with Crippen LogP contribution in [0.25, 0.3) is 0 Å². The summed E-state index contributed by atoms with van der Waals surface area (Å²) in [4.78, 5) is 74.0. The minimum atomic E-state index is -1.77. The fourth-order valence-electron chi connectivity index (χ4n) is 7.72. The summed E-state index contributed by atoms with van der Waals surface area (Å²) in [6.45, 7) is 18.7. The molecule has 1 saturated carbocycles. The number of urea groups is 1. The second-order valence-corrected chi connectivity index (χ2v) is 17.2. The Hall–Kier alpha value is -3.74. The number of aliphatic hydroxyl groups is 1. The van der Waals surface area contributed by atoms with E-state index >= 15 is 0 Å². The molecule has 1 spiro atoms. The van der Waals surface area contributed by atoms with E-state index in [4.69, 9.17) is 33.5 Å². The van der Waals surface area contributed by atoms with E-state index in [1.54, 1.807) is 62.3 Å². The topological polar surface area (TPSA) is 194 Å². The maximum absolute atomic E-state index is 14.6. The largest absolute Gasteiger partial charge is 0.444 e. The summed E-state index contributed by atoms with van der Waals surface area (Å²) in [5.41, 5.74) is -4.58. The first-order valence-corrected chi connectivity index (χ1v) is 17.4. The zero-order valence-corrected chi connectivity index (χ0v) is 31.2. The number of aliphatic imine (C=N–C) groups is 2. The lowest BCUT2D eigenvalue weighted by Crippen LogP contribution is -2.77. The van der Waals surface area contributed by atoms with Crippen LogP contribution in [0.15, 0.2) is 9.98 Å². The van der Waals surface area contributed by atoms with Crippen LogP contribution in [0.1, 0.15) is 89.0 Å². The number of hydrogen-bond donors (Lipinski definition) is 2. The molecule has 18 nitrogen and oxygen atoms in total. The molecular weight excluding hydrogens is 670 g/mol. The summed E-state index contributed by atoms with van der Waals surface area (Å²) < 4.78 is 29.1. The minimum absolute atomic E-state index is 0.0332. The zero-order valence-electron chi connectivity index (χ0n) is 31.2. The molecule has 51 heavy (non-hydrogen) atoms. The average Bonchev–Trinajstić information content (AvgIpc) is 3.71. The molecule has 5 heterocycles. The van der Waals surface area contributed by atoms with Gasteiger partial charge in [0.25, 0.3) is 0 Å². The monoisotopic (exact) mass is 721 g/mol. The Balaban J connectivity index is 1.41. The number of amides is 5. The van der Waals surface area contributed by atoms with Crippen LogP contribution in [0.4, 0.5) is 19.2 Å². The molecule has 6 rings (SSSR count). The van der Waals surface area contributed by atoms with Crippen molar-refractivity contribution in [3.63, 3.8) is 0 Å². The molecule has 0 aromatic rings. The highest BCUT2D eigenvalue weighted by atomic mass is 16.8. The summed E-state index contributed by atoms with van der Waals surface area (Å²) in [6.07, 6.45) is -4.11. The predicted octanol–water partition coefficient (Wildman–Crippen LogP) is 3.13. The Morgan fingerprint density at radius 1 is 0.961 bits per heavy atom. The lowest BCUT2D eigenvalue weighted by molar-refractivity contribution is -0.158. The van der Waals surface area contributed by atoms with E-state index in [0.717, 1.165) is 4.90 Å². The molecule has 7 atom stereocenters. The van der Waals surface area contributed by atoms with Crippen molar-refractivity contribution >= 4 is 36.2 Å². The van der Waals surface area contributed by atoms with Gasteiger partial charge in [0.1, 0.15) is 28.9 Å². The van der Waals surface area contributed by atoms with Gasteiger partial charge in [0.05, 0.1) is 31.4 Å². The Labute approximate surface area is 297 Å². The van der Waals surface area contributed by atoms with Crippen molar-refractivity contribution in [3.05, 3.63) is 0 Å². The van der Waals surface area contributed by atoms with E-state index < -0.39 is 70.8 Å². The first-order valence-electron chi connectivity index (χ1n) is 17.4. The molecule has 284 valence electrons. The number of guanidine groups is 2. The van der Waals surface area contributed by atoms with Crippen LogP contribution >= 0.6 is 0 Å². The van der Waals surface area contributed by atoms with E-state index in [1.165, 1.54) is 14.9 Å². The number of nitrogens with zero attached hydrogens (tertiary/aromatic N) is 6. The number of carbonyl (C=O) groups is 4. The average molecular weight is 722 g/mol. The van der Waals surface area contributed by atoms with Crippen LogP contribution in [0.2, 0.25) is 0 Å². The second kappa shape index (κ2) is 12.2. The summed E-state index contributed by atoms with van der Waals surface area (Å²) in [7, 11) is 0. The van der Waals surface area contributed by atoms with Gasteiger partial charge in [-0.2, -0.15) is 5.06 Å². The Morgan fingerprint density at radius 3 is 2.24 bits per heavy atom. The van der Waals surface area contributed by atoms with Crippen LogP contribution in [-0.4, -0.2) is 139 Å². The molecule has 0 aromatic carbocycles. The van der Waals surface area contributed by atoms with Crippen LogP contribution in [0, 0.1) is 5.92 Å². The van der Waals surface area contributed by atoms with Crippen molar-refractivity contribution in [1.29, 1.82) is 0 Å². The molecule has 5 fully saturated rings. The third-order valence-corrected chi connectivity index (χ3v) is 9.24. The second-order valence-electron chi connectivity index (χ2n) is 17.2. The number of fused-ring (bicyclic) bond motifs is 3. The van der Waals surface area contributed by atoms with Gasteiger partial charge in [0, 0.05) is 12.5 Å². The fraction of sp³-hybridized carbons (Fsp3) is 0.818. The van der Waals surface area contributed by atoms with Gasteiger partial charge >= 0.3 is 24.3 Å². The van der Waals surface area contributed by atoms with E-state index in [-0.39, 0.29) is 56.2 Å². The third kappa shape index (κ3) is 6.82. The number of rotatable bonds is 0. The summed E-state index contributed by atoms with van der Waals surface area (Å²) in [5.74, 6) is -1.38. The van der Waals surface area contributed by atoms with Crippen molar-refractivity contribution in [2.24, 2.45) is 15.9 Å². The summed E-state index contributed by atoms with van der Waals surface area (Å²) in [5, 5.41) is 15.6. The highest BCUT2D eigenvalue weighted by Crippen LogP contribution is 2.49. The molecule has 6 aliphatic rings. The third-order valence-electron chi connectivity index (χ3n) is 9.24. The van der Waals surface area contributed by atoms with Crippen LogP contribution in [0.5, 0.6) is 0 Å².